The second kappa shape index (κ2) is 5.61. The minimum absolute atomic E-state index is 0.150. The summed E-state index contributed by atoms with van der Waals surface area (Å²) in [6.07, 6.45) is -4.30. The van der Waals surface area contributed by atoms with E-state index < -0.39 is 12.0 Å². The first kappa shape index (κ1) is 15.1. The molecule has 0 aliphatic carbocycles. The summed E-state index contributed by atoms with van der Waals surface area (Å²) in [4.78, 5) is 0. The number of hydrogen-bond donors (Lipinski definition) is 0. The van der Waals surface area contributed by atoms with Crippen LogP contribution in [-0.4, -0.2) is 31.3 Å². The van der Waals surface area contributed by atoms with Gasteiger partial charge in [0.25, 0.3) is 0 Å². The Kier molecular flexibility index (Phi) is 4.25. The molecule has 1 unspecified atom stereocenters. The van der Waals surface area contributed by atoms with Crippen LogP contribution in [0.2, 0.25) is 0 Å². The molecule has 1 aromatic carbocycles. The first-order chi connectivity index (χ1) is 9.25. The summed E-state index contributed by atoms with van der Waals surface area (Å²) in [5, 5.41) is 0. The maximum Gasteiger partial charge on any atom is 0.523 e. The van der Waals surface area contributed by atoms with Crippen LogP contribution in [0, 0.1) is 0 Å². The molecule has 0 saturated carbocycles. The Hall–Kier alpha value is -1.27. The van der Waals surface area contributed by atoms with E-state index in [2.05, 4.69) is 4.74 Å². The zero-order valence-corrected chi connectivity index (χ0v) is 11.4. The highest BCUT2D eigenvalue weighted by Gasteiger charge is 2.38. The lowest BCUT2D eigenvalue weighted by atomic mass is 10.0. The molecular weight excluding hydrogens is 273 g/mol. The van der Waals surface area contributed by atoms with E-state index in [4.69, 9.17) is 9.47 Å². The highest BCUT2D eigenvalue weighted by Crippen LogP contribution is 2.28. The van der Waals surface area contributed by atoms with E-state index >= 15 is 0 Å². The van der Waals surface area contributed by atoms with Gasteiger partial charge in [-0.15, -0.1) is 13.2 Å². The Balaban J connectivity index is 1.87. The van der Waals surface area contributed by atoms with Crippen molar-refractivity contribution >= 4 is 0 Å². The molecule has 112 valence electrons. The molecule has 6 heteroatoms. The fraction of sp³-hybridized carbons (Fsp3) is 0.571. The molecule has 0 bridgehead atoms. The number of fused-ring (bicyclic) bond motifs is 1. The molecule has 0 fully saturated rings. The zero-order chi connectivity index (χ0) is 14.8. The van der Waals surface area contributed by atoms with Crippen molar-refractivity contribution in [2.24, 2.45) is 0 Å². The minimum Gasteiger partial charge on any atom is -0.491 e. The molecule has 1 aromatic rings. The van der Waals surface area contributed by atoms with Crippen LogP contribution < -0.4 is 4.74 Å². The average Bonchev–Trinajstić information content (AvgIpc) is 2.33. The van der Waals surface area contributed by atoms with Crippen molar-refractivity contribution in [1.29, 1.82) is 0 Å². The second-order valence-electron chi connectivity index (χ2n) is 5.36. The molecule has 1 atom stereocenters. The van der Waals surface area contributed by atoms with Crippen molar-refractivity contribution < 1.29 is 27.4 Å². The molecule has 0 spiro atoms. The highest BCUT2D eigenvalue weighted by molar-refractivity contribution is 5.35. The van der Waals surface area contributed by atoms with Gasteiger partial charge in [0, 0.05) is 6.42 Å². The van der Waals surface area contributed by atoms with Crippen molar-refractivity contribution in [2.75, 3.05) is 13.2 Å². The Bertz CT molecular complexity index is 457. The van der Waals surface area contributed by atoms with E-state index in [0.29, 0.717) is 13.0 Å². The number of alkyl halides is 3. The van der Waals surface area contributed by atoms with Gasteiger partial charge in [-0.1, -0.05) is 18.2 Å². The molecule has 0 N–H and O–H groups in total. The molecule has 0 aromatic heterocycles. The number of hydrogen-bond acceptors (Lipinski definition) is 3. The molecule has 20 heavy (non-hydrogen) atoms. The Morgan fingerprint density at radius 2 is 1.95 bits per heavy atom. The maximum atomic E-state index is 12.2. The van der Waals surface area contributed by atoms with Gasteiger partial charge >= 0.3 is 6.36 Å². The van der Waals surface area contributed by atoms with Crippen LogP contribution in [0.5, 0.6) is 5.75 Å². The first-order valence-corrected chi connectivity index (χ1v) is 6.34. The van der Waals surface area contributed by atoms with Crippen LogP contribution in [0.3, 0.4) is 0 Å². The summed E-state index contributed by atoms with van der Waals surface area (Å²) in [5.74, 6) is 0.804. The van der Waals surface area contributed by atoms with E-state index in [-0.39, 0.29) is 12.7 Å². The molecule has 0 radical (unpaired) electrons. The molecule has 1 heterocycles. The lowest BCUT2D eigenvalue weighted by molar-refractivity contribution is -0.366. The van der Waals surface area contributed by atoms with Crippen LogP contribution in [0.25, 0.3) is 0 Å². The van der Waals surface area contributed by atoms with E-state index in [1.165, 1.54) is 13.8 Å². The van der Waals surface area contributed by atoms with Gasteiger partial charge in [0.15, 0.2) is 0 Å². The van der Waals surface area contributed by atoms with Gasteiger partial charge in [-0.2, -0.15) is 0 Å². The van der Waals surface area contributed by atoms with E-state index in [1.807, 2.05) is 24.3 Å². The quantitative estimate of drug-likeness (QED) is 0.851. The summed E-state index contributed by atoms with van der Waals surface area (Å²) in [6, 6.07) is 7.55. The predicted molar refractivity (Wildman–Crippen MR) is 66.6 cm³/mol. The number of ether oxygens (including phenoxy) is 3. The fourth-order valence-corrected chi connectivity index (χ4v) is 2.07. The lowest BCUT2D eigenvalue weighted by Gasteiger charge is -2.30. The third-order valence-corrected chi connectivity index (χ3v) is 2.90. The van der Waals surface area contributed by atoms with E-state index in [1.54, 1.807) is 0 Å². The van der Waals surface area contributed by atoms with Gasteiger partial charge in [-0.3, -0.25) is 4.74 Å². The third kappa shape index (κ3) is 4.38. The average molecular weight is 290 g/mol. The second-order valence-corrected chi connectivity index (χ2v) is 5.36. The highest BCUT2D eigenvalue weighted by atomic mass is 19.4. The molecule has 1 aliphatic rings. The van der Waals surface area contributed by atoms with Crippen LogP contribution in [0.15, 0.2) is 24.3 Å². The summed E-state index contributed by atoms with van der Waals surface area (Å²) in [7, 11) is 0. The number of halogens is 3. The van der Waals surface area contributed by atoms with Crippen LogP contribution in [-0.2, 0) is 15.9 Å². The van der Waals surface area contributed by atoms with E-state index in [9.17, 15) is 13.2 Å². The Morgan fingerprint density at radius 1 is 1.25 bits per heavy atom. The largest absolute Gasteiger partial charge is 0.523 e. The Morgan fingerprint density at radius 3 is 2.65 bits per heavy atom. The topological polar surface area (TPSA) is 27.7 Å². The van der Waals surface area contributed by atoms with E-state index in [0.717, 1.165) is 11.3 Å². The lowest BCUT2D eigenvalue weighted by Crippen LogP contribution is -2.40. The van der Waals surface area contributed by atoms with Crippen molar-refractivity contribution in [2.45, 2.75) is 38.3 Å². The van der Waals surface area contributed by atoms with Crippen molar-refractivity contribution in [3.05, 3.63) is 29.8 Å². The van der Waals surface area contributed by atoms with Gasteiger partial charge in [0.2, 0.25) is 0 Å². The summed E-state index contributed by atoms with van der Waals surface area (Å²) in [5.41, 5.74) is -0.423. The number of para-hydroxylation sites is 1. The minimum atomic E-state index is -4.66. The molecule has 3 nitrogen and oxygen atoms in total. The van der Waals surface area contributed by atoms with Crippen LogP contribution in [0.4, 0.5) is 13.2 Å². The van der Waals surface area contributed by atoms with Gasteiger partial charge in [0.1, 0.15) is 12.4 Å². The third-order valence-electron chi connectivity index (χ3n) is 2.90. The molecule has 0 amide bonds. The first-order valence-electron chi connectivity index (χ1n) is 6.34. The molecule has 1 aliphatic heterocycles. The van der Waals surface area contributed by atoms with Gasteiger partial charge in [-0.25, -0.2) is 0 Å². The predicted octanol–water partition coefficient (Wildman–Crippen LogP) is 3.32. The monoisotopic (exact) mass is 290 g/mol. The van der Waals surface area contributed by atoms with Crippen molar-refractivity contribution in [3.63, 3.8) is 0 Å². The molecular formula is C14H17F3O3. The van der Waals surface area contributed by atoms with Gasteiger partial charge in [0.05, 0.1) is 18.3 Å². The van der Waals surface area contributed by atoms with Crippen molar-refractivity contribution in [1.82, 2.24) is 0 Å². The number of benzene rings is 1. The molecule has 0 saturated heterocycles. The smallest absolute Gasteiger partial charge is 0.491 e. The van der Waals surface area contributed by atoms with Crippen LogP contribution >= 0.6 is 0 Å². The number of rotatable bonds is 4. The van der Waals surface area contributed by atoms with Crippen LogP contribution in [0.1, 0.15) is 19.4 Å². The summed E-state index contributed by atoms with van der Waals surface area (Å²) < 4.78 is 51.7. The van der Waals surface area contributed by atoms with Crippen molar-refractivity contribution in [3.8, 4) is 5.75 Å². The SMILES string of the molecule is CC(C)(COC1COc2ccccc2C1)OC(F)(F)F. The summed E-state index contributed by atoms with van der Waals surface area (Å²) in [6.45, 7) is 2.87. The fourth-order valence-electron chi connectivity index (χ4n) is 2.07. The molecule has 2 rings (SSSR count). The standard InChI is InChI=1S/C14H17F3O3/c1-13(2,20-14(15,16)17)9-19-11-7-10-5-3-4-6-12(10)18-8-11/h3-6,11H,7-9H2,1-2H3. The maximum absolute atomic E-state index is 12.2. The van der Waals surface area contributed by atoms with Gasteiger partial charge < -0.3 is 9.47 Å². The Labute approximate surface area is 115 Å². The summed E-state index contributed by atoms with van der Waals surface area (Å²) >= 11 is 0. The normalized spacial score (nSPS) is 19.4. The zero-order valence-electron chi connectivity index (χ0n) is 11.4. The van der Waals surface area contributed by atoms with Gasteiger partial charge in [-0.05, 0) is 25.5 Å².